The first-order chi connectivity index (χ1) is 10.4. The van der Waals surface area contributed by atoms with E-state index in [4.69, 9.17) is 4.74 Å². The quantitative estimate of drug-likeness (QED) is 0.640. The van der Waals surface area contributed by atoms with E-state index in [2.05, 4.69) is 5.10 Å². The number of aryl methyl sites for hydroxylation is 1. The molecule has 0 aliphatic rings. The predicted molar refractivity (Wildman–Crippen MR) is 79.9 cm³/mol. The lowest BCUT2D eigenvalue weighted by molar-refractivity contribution is -0.386. The van der Waals surface area contributed by atoms with E-state index in [1.165, 1.54) is 24.8 Å². The lowest BCUT2D eigenvalue weighted by Gasteiger charge is -2.16. The highest BCUT2D eigenvalue weighted by atomic mass is 16.6. The maximum atomic E-state index is 11.6. The molecule has 7 nitrogen and oxygen atoms in total. The van der Waals surface area contributed by atoms with Gasteiger partial charge in [0.25, 0.3) is 5.69 Å². The molecule has 1 heterocycles. The number of aromatic nitrogens is 2. The van der Waals surface area contributed by atoms with Gasteiger partial charge < -0.3 is 4.74 Å². The van der Waals surface area contributed by atoms with Crippen LogP contribution < -0.4 is 0 Å². The molecule has 0 amide bonds. The molecule has 1 atom stereocenters. The topological polar surface area (TPSA) is 87.3 Å². The highest BCUT2D eigenvalue weighted by molar-refractivity contribution is 5.76. The van der Waals surface area contributed by atoms with Crippen molar-refractivity contribution in [3.05, 3.63) is 56.9 Å². The molecule has 0 N–H and O–H groups in total. The van der Waals surface area contributed by atoms with E-state index in [-0.39, 0.29) is 11.6 Å². The average Bonchev–Trinajstić information content (AvgIpc) is 2.77. The van der Waals surface area contributed by atoms with Gasteiger partial charge >= 0.3 is 0 Å². The van der Waals surface area contributed by atoms with Crippen molar-refractivity contribution in [2.75, 3.05) is 7.11 Å². The fourth-order valence-corrected chi connectivity index (χ4v) is 2.62. The van der Waals surface area contributed by atoms with Gasteiger partial charge in [0.1, 0.15) is 6.10 Å². The lowest BCUT2D eigenvalue weighted by atomic mass is 9.98. The summed E-state index contributed by atoms with van der Waals surface area (Å²) in [7, 11) is 1.48. The van der Waals surface area contributed by atoms with Crippen LogP contribution in [0.2, 0.25) is 0 Å². The van der Waals surface area contributed by atoms with Gasteiger partial charge in [-0.25, -0.2) is 4.68 Å². The number of methoxy groups -OCH3 is 1. The van der Waals surface area contributed by atoms with E-state index in [9.17, 15) is 14.9 Å². The lowest BCUT2D eigenvalue weighted by Crippen LogP contribution is -2.12. The van der Waals surface area contributed by atoms with Crippen LogP contribution in [0.3, 0.4) is 0 Å². The van der Waals surface area contributed by atoms with Crippen LogP contribution in [0.4, 0.5) is 5.69 Å². The third-order valence-electron chi connectivity index (χ3n) is 3.56. The number of carbonyl (C=O) groups excluding carboxylic acids is 1. The first-order valence-electron chi connectivity index (χ1n) is 6.71. The molecule has 22 heavy (non-hydrogen) atoms. The second kappa shape index (κ2) is 6.07. The van der Waals surface area contributed by atoms with Gasteiger partial charge in [-0.3, -0.25) is 14.9 Å². The van der Waals surface area contributed by atoms with E-state index < -0.39 is 11.0 Å². The summed E-state index contributed by atoms with van der Waals surface area (Å²) in [5.74, 6) is -0.218. The van der Waals surface area contributed by atoms with E-state index in [1.54, 1.807) is 32.0 Å². The van der Waals surface area contributed by atoms with E-state index >= 15 is 0 Å². The van der Waals surface area contributed by atoms with Crippen LogP contribution in [-0.4, -0.2) is 27.7 Å². The van der Waals surface area contributed by atoms with E-state index in [0.29, 0.717) is 22.5 Å². The van der Waals surface area contributed by atoms with Gasteiger partial charge in [0.15, 0.2) is 0 Å². The summed E-state index contributed by atoms with van der Waals surface area (Å²) in [5, 5.41) is 15.4. The number of rotatable bonds is 4. The molecule has 1 aromatic heterocycles. The van der Waals surface area contributed by atoms with Crippen LogP contribution in [-0.2, 0) is 4.74 Å². The van der Waals surface area contributed by atoms with Gasteiger partial charge in [0.2, 0.25) is 5.91 Å². The minimum absolute atomic E-state index is 0.0243. The second-order valence-electron chi connectivity index (χ2n) is 4.95. The number of nitro groups is 1. The summed E-state index contributed by atoms with van der Waals surface area (Å²) in [4.78, 5) is 22.4. The van der Waals surface area contributed by atoms with Crippen molar-refractivity contribution >= 4 is 11.6 Å². The van der Waals surface area contributed by atoms with Gasteiger partial charge in [0, 0.05) is 25.7 Å². The summed E-state index contributed by atoms with van der Waals surface area (Å²) in [6.45, 7) is 4.91. The number of nitro benzene ring substituents is 1. The molecule has 116 valence electrons. The molecule has 7 heteroatoms. The minimum atomic E-state index is -0.658. The largest absolute Gasteiger partial charge is 0.372 e. The Labute approximate surface area is 127 Å². The van der Waals surface area contributed by atoms with Crippen molar-refractivity contribution < 1.29 is 14.5 Å². The SMILES string of the molecule is COC(c1ccccc1[N+](=O)[O-])c1c(C)nn(C(C)=O)c1C. The Bertz CT molecular complexity index is 736. The molecule has 0 fully saturated rings. The van der Waals surface area contributed by atoms with Crippen LogP contribution in [0, 0.1) is 24.0 Å². The van der Waals surface area contributed by atoms with E-state index in [0.717, 1.165) is 0 Å². The van der Waals surface area contributed by atoms with Gasteiger partial charge in [-0.2, -0.15) is 5.10 Å². The molecular weight excluding hydrogens is 286 g/mol. The van der Waals surface area contributed by atoms with Gasteiger partial charge in [0.05, 0.1) is 21.9 Å². The number of hydrogen-bond donors (Lipinski definition) is 0. The first-order valence-corrected chi connectivity index (χ1v) is 6.71. The molecule has 1 aromatic carbocycles. The maximum Gasteiger partial charge on any atom is 0.275 e. The number of hydrogen-bond acceptors (Lipinski definition) is 5. The standard InChI is InChI=1S/C15H17N3O4/c1-9-14(10(2)17(16-9)11(3)19)15(22-4)12-7-5-6-8-13(12)18(20)21/h5-8,15H,1-4H3. The predicted octanol–water partition coefficient (Wildman–Crippen LogP) is 2.80. The zero-order valence-electron chi connectivity index (χ0n) is 12.9. The zero-order chi connectivity index (χ0) is 16.4. The molecule has 0 saturated heterocycles. The average molecular weight is 303 g/mol. The van der Waals surface area contributed by atoms with Crippen molar-refractivity contribution in [3.8, 4) is 0 Å². The normalized spacial score (nSPS) is 12.2. The first kappa shape index (κ1) is 15.8. The summed E-state index contributed by atoms with van der Waals surface area (Å²) in [6.07, 6.45) is -0.658. The van der Waals surface area contributed by atoms with Crippen molar-refractivity contribution in [2.24, 2.45) is 0 Å². The smallest absolute Gasteiger partial charge is 0.275 e. The Morgan fingerprint density at radius 2 is 2.00 bits per heavy atom. The Hall–Kier alpha value is -2.54. The summed E-state index contributed by atoms with van der Waals surface area (Å²) < 4.78 is 6.78. The third-order valence-corrected chi connectivity index (χ3v) is 3.56. The molecule has 0 aliphatic heterocycles. The van der Waals surface area contributed by atoms with Crippen LogP contribution in [0.15, 0.2) is 24.3 Å². The summed E-state index contributed by atoms with van der Waals surface area (Å²) in [5.41, 5.74) is 2.31. The number of benzene rings is 1. The molecule has 2 aromatic rings. The Morgan fingerprint density at radius 1 is 1.36 bits per heavy atom. The van der Waals surface area contributed by atoms with E-state index in [1.807, 2.05) is 0 Å². The number of para-hydroxylation sites is 1. The fraction of sp³-hybridized carbons (Fsp3) is 0.333. The highest BCUT2D eigenvalue weighted by Crippen LogP contribution is 2.35. The zero-order valence-corrected chi connectivity index (χ0v) is 12.9. The fourth-order valence-electron chi connectivity index (χ4n) is 2.62. The van der Waals surface area contributed by atoms with Crippen molar-refractivity contribution in [3.63, 3.8) is 0 Å². The van der Waals surface area contributed by atoms with Crippen LogP contribution in [0.1, 0.15) is 40.3 Å². The Morgan fingerprint density at radius 3 is 2.50 bits per heavy atom. The molecular formula is C15H17N3O4. The summed E-state index contributed by atoms with van der Waals surface area (Å²) in [6, 6.07) is 6.40. The number of nitrogens with zero attached hydrogens (tertiary/aromatic N) is 3. The van der Waals surface area contributed by atoms with Crippen LogP contribution in [0.5, 0.6) is 0 Å². The van der Waals surface area contributed by atoms with Crippen molar-refractivity contribution in [1.29, 1.82) is 0 Å². The molecule has 0 spiro atoms. The van der Waals surface area contributed by atoms with Crippen molar-refractivity contribution in [1.82, 2.24) is 9.78 Å². The molecule has 0 radical (unpaired) electrons. The number of ether oxygens (including phenoxy) is 1. The third kappa shape index (κ3) is 2.62. The molecule has 2 rings (SSSR count). The summed E-state index contributed by atoms with van der Waals surface area (Å²) >= 11 is 0. The monoisotopic (exact) mass is 303 g/mol. The van der Waals surface area contributed by atoms with Crippen LogP contribution in [0.25, 0.3) is 0 Å². The Balaban J connectivity index is 2.64. The second-order valence-corrected chi connectivity index (χ2v) is 4.95. The highest BCUT2D eigenvalue weighted by Gasteiger charge is 2.28. The Kier molecular flexibility index (Phi) is 4.37. The van der Waals surface area contributed by atoms with Gasteiger partial charge in [-0.1, -0.05) is 12.1 Å². The number of carbonyl (C=O) groups is 1. The van der Waals surface area contributed by atoms with Gasteiger partial charge in [-0.05, 0) is 19.9 Å². The van der Waals surface area contributed by atoms with Crippen LogP contribution >= 0.6 is 0 Å². The molecule has 1 unspecified atom stereocenters. The maximum absolute atomic E-state index is 11.6. The van der Waals surface area contributed by atoms with Crippen molar-refractivity contribution in [2.45, 2.75) is 26.9 Å². The van der Waals surface area contributed by atoms with Gasteiger partial charge in [-0.15, -0.1) is 0 Å². The molecule has 0 aliphatic carbocycles. The molecule has 0 bridgehead atoms. The molecule has 0 saturated carbocycles. The minimum Gasteiger partial charge on any atom is -0.372 e.